The molecule has 0 atom stereocenters. The number of aromatic amines is 1. The summed E-state index contributed by atoms with van der Waals surface area (Å²) in [7, 11) is 1.64. The molecule has 2 aromatic carbocycles. The first-order valence-electron chi connectivity index (χ1n) is 7.83. The van der Waals surface area contributed by atoms with E-state index < -0.39 is 0 Å². The van der Waals surface area contributed by atoms with Gasteiger partial charge in [0.25, 0.3) is 11.1 Å². The van der Waals surface area contributed by atoms with Crippen LogP contribution in [0, 0.1) is 0 Å². The van der Waals surface area contributed by atoms with Gasteiger partial charge in [-0.3, -0.25) is 14.7 Å². The zero-order chi connectivity index (χ0) is 18.4. The Morgan fingerprint density at radius 2 is 1.65 bits per heavy atom. The molecular formula is C19H13Cl2N3O2. The number of halogens is 2. The van der Waals surface area contributed by atoms with Crippen LogP contribution in [0.3, 0.4) is 0 Å². The van der Waals surface area contributed by atoms with Gasteiger partial charge >= 0.3 is 0 Å². The second-order valence-electron chi connectivity index (χ2n) is 5.89. The van der Waals surface area contributed by atoms with Crippen molar-refractivity contribution in [3.8, 4) is 16.9 Å². The van der Waals surface area contributed by atoms with Crippen LogP contribution in [0.1, 0.15) is 0 Å². The maximum absolute atomic E-state index is 13.1. The molecule has 1 N–H and O–H groups in total. The zero-order valence-corrected chi connectivity index (χ0v) is 15.2. The lowest BCUT2D eigenvalue weighted by Crippen LogP contribution is -2.20. The molecular weight excluding hydrogens is 373 g/mol. The van der Waals surface area contributed by atoms with Gasteiger partial charge in [0, 0.05) is 18.1 Å². The molecule has 0 fully saturated rings. The highest BCUT2D eigenvalue weighted by molar-refractivity contribution is 6.32. The number of H-pyrrole nitrogens is 1. The van der Waals surface area contributed by atoms with Gasteiger partial charge in [-0.25, -0.2) is 4.68 Å². The Hall–Kier alpha value is -2.76. The van der Waals surface area contributed by atoms with Crippen LogP contribution in [0.4, 0.5) is 0 Å². The van der Waals surface area contributed by atoms with Gasteiger partial charge in [0.1, 0.15) is 0 Å². The van der Waals surface area contributed by atoms with E-state index in [9.17, 15) is 9.59 Å². The molecule has 0 unspecified atom stereocenters. The van der Waals surface area contributed by atoms with Crippen molar-refractivity contribution in [2.24, 2.45) is 7.05 Å². The number of para-hydroxylation sites is 1. The fourth-order valence-electron chi connectivity index (χ4n) is 3.03. The van der Waals surface area contributed by atoms with E-state index in [1.54, 1.807) is 55.6 Å². The van der Waals surface area contributed by atoms with Gasteiger partial charge in [-0.1, -0.05) is 47.5 Å². The lowest BCUT2D eigenvalue weighted by molar-refractivity contribution is 0.863. The zero-order valence-electron chi connectivity index (χ0n) is 13.7. The predicted molar refractivity (Wildman–Crippen MR) is 105 cm³/mol. The van der Waals surface area contributed by atoms with Crippen molar-refractivity contribution in [2.45, 2.75) is 0 Å². The molecule has 7 heteroatoms. The number of hydrogen-bond donors (Lipinski definition) is 1. The minimum absolute atomic E-state index is 0.227. The van der Waals surface area contributed by atoms with Crippen LogP contribution in [0.5, 0.6) is 0 Å². The van der Waals surface area contributed by atoms with E-state index in [1.807, 2.05) is 0 Å². The summed E-state index contributed by atoms with van der Waals surface area (Å²) in [5, 5.41) is 4.41. The summed E-state index contributed by atoms with van der Waals surface area (Å²) in [6, 6.07) is 15.4. The van der Waals surface area contributed by atoms with Crippen molar-refractivity contribution >= 4 is 34.1 Å². The molecule has 130 valence electrons. The number of pyridine rings is 1. The SMILES string of the molecule is Cn1c(-c2ccc(Cl)cc2)c2c(=O)n(-c3ccccc3Cl)[nH]c2cc1=O. The third-order valence-electron chi connectivity index (χ3n) is 4.30. The van der Waals surface area contributed by atoms with Gasteiger partial charge in [-0.05, 0) is 29.8 Å². The van der Waals surface area contributed by atoms with Gasteiger partial charge in [0.2, 0.25) is 0 Å². The Kier molecular flexibility index (Phi) is 3.98. The van der Waals surface area contributed by atoms with Crippen LogP contribution < -0.4 is 11.1 Å². The lowest BCUT2D eigenvalue weighted by atomic mass is 10.1. The summed E-state index contributed by atoms with van der Waals surface area (Å²) in [6.45, 7) is 0. The lowest BCUT2D eigenvalue weighted by Gasteiger charge is -2.09. The third-order valence-corrected chi connectivity index (χ3v) is 4.87. The van der Waals surface area contributed by atoms with E-state index in [0.29, 0.717) is 32.3 Å². The first-order valence-corrected chi connectivity index (χ1v) is 8.58. The molecule has 0 aliphatic heterocycles. The van der Waals surface area contributed by atoms with E-state index in [2.05, 4.69) is 5.10 Å². The molecule has 26 heavy (non-hydrogen) atoms. The van der Waals surface area contributed by atoms with E-state index >= 15 is 0 Å². The molecule has 0 bridgehead atoms. The smallest absolute Gasteiger partial charge is 0.281 e. The topological polar surface area (TPSA) is 59.8 Å². The molecule has 4 rings (SSSR count). The number of aromatic nitrogens is 3. The molecule has 2 heterocycles. The molecule has 2 aromatic heterocycles. The molecule has 4 aromatic rings. The molecule has 0 saturated heterocycles. The Balaban J connectivity index is 2.11. The van der Waals surface area contributed by atoms with Gasteiger partial charge < -0.3 is 4.57 Å². The molecule has 0 saturated carbocycles. The summed E-state index contributed by atoms with van der Waals surface area (Å²) in [5.74, 6) is 0. The maximum Gasteiger partial charge on any atom is 0.281 e. The summed E-state index contributed by atoms with van der Waals surface area (Å²) in [5.41, 5.74) is 1.71. The molecule has 0 spiro atoms. The largest absolute Gasteiger partial charge is 0.310 e. The van der Waals surface area contributed by atoms with E-state index in [0.717, 1.165) is 5.56 Å². The third kappa shape index (κ3) is 2.57. The fourth-order valence-corrected chi connectivity index (χ4v) is 3.38. The van der Waals surface area contributed by atoms with Crippen molar-refractivity contribution in [1.29, 1.82) is 0 Å². The van der Waals surface area contributed by atoms with E-state index in [-0.39, 0.29) is 11.1 Å². The number of nitrogens with zero attached hydrogens (tertiary/aromatic N) is 2. The quantitative estimate of drug-likeness (QED) is 0.566. The minimum atomic E-state index is -0.284. The van der Waals surface area contributed by atoms with Crippen LogP contribution in [-0.4, -0.2) is 14.3 Å². The highest BCUT2D eigenvalue weighted by Gasteiger charge is 2.18. The second kappa shape index (κ2) is 6.20. The average molecular weight is 386 g/mol. The predicted octanol–water partition coefficient (Wildman–Crippen LogP) is 3.99. The van der Waals surface area contributed by atoms with Crippen molar-refractivity contribution in [3.05, 3.63) is 85.4 Å². The number of fused-ring (bicyclic) bond motifs is 1. The standard InChI is InChI=1S/C19H13Cl2N3O2/c1-23-16(25)10-14-17(18(23)11-6-8-12(20)9-7-11)19(26)24(22-14)15-5-3-2-4-13(15)21/h2-10,22H,1H3. The molecule has 0 aliphatic carbocycles. The van der Waals surface area contributed by atoms with Crippen LogP contribution >= 0.6 is 23.2 Å². The molecule has 0 amide bonds. The van der Waals surface area contributed by atoms with E-state index in [4.69, 9.17) is 23.2 Å². The first-order chi connectivity index (χ1) is 12.5. The maximum atomic E-state index is 13.1. The number of hydrogen-bond acceptors (Lipinski definition) is 2. The summed E-state index contributed by atoms with van der Waals surface area (Å²) in [6.07, 6.45) is 0. The number of benzene rings is 2. The van der Waals surface area contributed by atoms with Crippen LogP contribution in [0.25, 0.3) is 27.8 Å². The normalized spacial score (nSPS) is 11.2. The average Bonchev–Trinajstić information content (AvgIpc) is 2.94. The fraction of sp³-hybridized carbons (Fsp3) is 0.0526. The first kappa shape index (κ1) is 16.7. The summed E-state index contributed by atoms with van der Waals surface area (Å²) >= 11 is 12.2. The molecule has 0 radical (unpaired) electrons. The highest BCUT2D eigenvalue weighted by Crippen LogP contribution is 2.26. The van der Waals surface area contributed by atoms with Gasteiger partial charge in [-0.15, -0.1) is 0 Å². The Morgan fingerprint density at radius 1 is 0.962 bits per heavy atom. The highest BCUT2D eigenvalue weighted by atomic mass is 35.5. The second-order valence-corrected chi connectivity index (χ2v) is 6.73. The van der Waals surface area contributed by atoms with Crippen LogP contribution in [0.2, 0.25) is 10.0 Å². The minimum Gasteiger partial charge on any atom is -0.310 e. The number of nitrogens with one attached hydrogen (secondary N) is 1. The van der Waals surface area contributed by atoms with Crippen molar-refractivity contribution in [2.75, 3.05) is 0 Å². The monoisotopic (exact) mass is 385 g/mol. The summed E-state index contributed by atoms with van der Waals surface area (Å²) in [4.78, 5) is 25.5. The van der Waals surface area contributed by atoms with Crippen LogP contribution in [-0.2, 0) is 7.05 Å². The van der Waals surface area contributed by atoms with Crippen molar-refractivity contribution < 1.29 is 0 Å². The van der Waals surface area contributed by atoms with Gasteiger partial charge in [0.05, 0.1) is 27.3 Å². The molecule has 0 aliphatic rings. The number of rotatable bonds is 2. The Bertz CT molecular complexity index is 1250. The van der Waals surface area contributed by atoms with Gasteiger partial charge in [-0.2, -0.15) is 0 Å². The van der Waals surface area contributed by atoms with E-state index in [1.165, 1.54) is 15.3 Å². The van der Waals surface area contributed by atoms with Crippen molar-refractivity contribution in [3.63, 3.8) is 0 Å². The van der Waals surface area contributed by atoms with Crippen molar-refractivity contribution in [1.82, 2.24) is 14.3 Å². The summed E-state index contributed by atoms with van der Waals surface area (Å²) < 4.78 is 2.81. The molecule has 5 nitrogen and oxygen atoms in total. The Labute approximate surface area is 158 Å². The van der Waals surface area contributed by atoms with Gasteiger partial charge in [0.15, 0.2) is 0 Å². The Morgan fingerprint density at radius 3 is 2.35 bits per heavy atom. The van der Waals surface area contributed by atoms with Crippen LogP contribution in [0.15, 0.2) is 64.2 Å².